The van der Waals surface area contributed by atoms with E-state index in [9.17, 15) is 31.2 Å². The summed E-state index contributed by atoms with van der Waals surface area (Å²) in [6.45, 7) is 26.5. The Morgan fingerprint density at radius 1 is 0.493 bits per heavy atom. The molecule has 15 nitrogen and oxygen atoms in total. The molecule has 3 aliphatic heterocycles. The SMILES string of the molecule is CC1(C)OB(B2OC(C)(C)C(C)(C)O2)OC1(C)C.CC1(C)OB(c2c(C=O)cccc2OCCCOCc2ccccc2)OC1(C)C.O=Cc1cccc(OCCCOCc2ccccc2)c1OS(=O)(=O)C(F)(F)F. The van der Waals surface area contributed by atoms with Gasteiger partial charge < -0.3 is 51.1 Å². The quantitative estimate of drug-likeness (QED) is 0.0269. The van der Waals surface area contributed by atoms with Crippen molar-refractivity contribution in [3.8, 4) is 17.2 Å². The molecule has 0 bridgehead atoms. The Labute approximate surface area is 441 Å². The van der Waals surface area contributed by atoms with E-state index in [4.69, 9.17) is 46.9 Å². The van der Waals surface area contributed by atoms with Crippen LogP contribution >= 0.6 is 0 Å². The van der Waals surface area contributed by atoms with Crippen LogP contribution in [0.2, 0.25) is 0 Å². The molecule has 7 rings (SSSR count). The van der Waals surface area contributed by atoms with Crippen molar-refractivity contribution in [2.75, 3.05) is 26.4 Å². The number of alkyl halides is 3. The summed E-state index contributed by atoms with van der Waals surface area (Å²) in [5.74, 6) is -0.489. The van der Waals surface area contributed by atoms with Gasteiger partial charge in [-0.2, -0.15) is 21.6 Å². The zero-order valence-electron chi connectivity index (χ0n) is 44.9. The van der Waals surface area contributed by atoms with Crippen LogP contribution in [0.1, 0.15) is 128 Å². The van der Waals surface area contributed by atoms with Gasteiger partial charge in [0, 0.05) is 23.9 Å². The van der Waals surface area contributed by atoms with Crippen LogP contribution in [-0.2, 0) is 60.7 Å². The molecule has 3 fully saturated rings. The summed E-state index contributed by atoms with van der Waals surface area (Å²) >= 11 is 0. The molecule has 0 unspecified atom stereocenters. The van der Waals surface area contributed by atoms with Gasteiger partial charge in [0.1, 0.15) is 12.0 Å². The van der Waals surface area contributed by atoms with Crippen LogP contribution in [0.5, 0.6) is 17.2 Å². The Bertz CT molecular complexity index is 2520. The molecule has 3 heterocycles. The fraction of sp³-hybridized carbons (Fsp3) is 0.509. The summed E-state index contributed by atoms with van der Waals surface area (Å²) in [6.07, 6.45) is 2.11. The molecular weight excluding hydrogens is 998 g/mol. The molecule has 0 atom stereocenters. The fourth-order valence-corrected chi connectivity index (χ4v) is 7.69. The van der Waals surface area contributed by atoms with Crippen molar-refractivity contribution in [3.05, 3.63) is 119 Å². The van der Waals surface area contributed by atoms with Crippen molar-refractivity contribution in [3.63, 3.8) is 0 Å². The van der Waals surface area contributed by atoms with Gasteiger partial charge in [0.2, 0.25) is 0 Å². The molecule has 3 aliphatic rings. The fourth-order valence-electron chi connectivity index (χ4n) is 7.20. The molecular formula is C53H70B3F3O15S. The van der Waals surface area contributed by atoms with Crippen molar-refractivity contribution < 1.29 is 82.2 Å². The van der Waals surface area contributed by atoms with Crippen LogP contribution in [0.15, 0.2) is 97.1 Å². The Morgan fingerprint density at radius 2 is 0.867 bits per heavy atom. The van der Waals surface area contributed by atoms with E-state index in [0.717, 1.165) is 29.9 Å². The lowest BCUT2D eigenvalue weighted by Gasteiger charge is -2.32. The van der Waals surface area contributed by atoms with Gasteiger partial charge in [0.15, 0.2) is 17.8 Å². The van der Waals surface area contributed by atoms with E-state index < -0.39 is 53.7 Å². The molecule has 408 valence electrons. The van der Waals surface area contributed by atoms with E-state index in [1.54, 1.807) is 12.1 Å². The molecule has 0 radical (unpaired) electrons. The minimum absolute atomic E-state index is 0.0134. The van der Waals surface area contributed by atoms with Crippen LogP contribution < -0.4 is 19.1 Å². The summed E-state index contributed by atoms with van der Waals surface area (Å²) in [5, 5.41) is 0. The maximum Gasteiger partial charge on any atom is 0.534 e. The summed E-state index contributed by atoms with van der Waals surface area (Å²) in [4.78, 5) is 22.7. The lowest BCUT2D eigenvalue weighted by atomic mass is 9.49. The standard InChI is InChI=1S/C23H29BO5.C18H17F3O6S.C12H24B2O4/c1-22(2)23(3,4)29-24(28-22)21-19(16-25)12-8-13-20(21)27-15-9-14-26-17-18-10-6-5-7-11-18;19-18(20,21)28(23,24)27-17-15(12-22)8-4-9-16(17)26-11-5-10-25-13-14-6-2-1-3-7-14;1-9(2)10(3,4)16-13(15-9)14-17-11(5,6)12(7,8)18-14/h5-8,10-13,16H,9,14-15,17H2,1-4H3;1-4,6-9,12H,5,10-11,13H2;1-8H3. The highest BCUT2D eigenvalue weighted by molar-refractivity contribution is 7.88. The van der Waals surface area contributed by atoms with E-state index in [2.05, 4.69) is 4.18 Å². The molecule has 0 aliphatic carbocycles. The topological polar surface area (TPSA) is 170 Å². The normalized spacial score (nSPS) is 18.8. The van der Waals surface area contributed by atoms with Crippen molar-refractivity contribution in [1.82, 2.24) is 0 Å². The van der Waals surface area contributed by atoms with Gasteiger partial charge in [0.05, 0.1) is 78.8 Å². The van der Waals surface area contributed by atoms with Crippen LogP contribution in [0.25, 0.3) is 0 Å². The largest absolute Gasteiger partial charge is 0.534 e. The van der Waals surface area contributed by atoms with Gasteiger partial charge in [0.25, 0.3) is 0 Å². The first-order valence-electron chi connectivity index (χ1n) is 24.7. The highest BCUT2D eigenvalue weighted by Gasteiger charge is 2.64. The maximum absolute atomic E-state index is 12.6. The third-order valence-electron chi connectivity index (χ3n) is 13.7. The number of benzene rings is 4. The predicted octanol–water partition coefficient (Wildman–Crippen LogP) is 9.75. The highest BCUT2D eigenvalue weighted by atomic mass is 32.2. The van der Waals surface area contributed by atoms with Gasteiger partial charge in [-0.15, -0.1) is 0 Å². The summed E-state index contributed by atoms with van der Waals surface area (Å²) < 4.78 is 123. The average Bonchev–Trinajstić information content (AvgIpc) is 3.81. The zero-order chi connectivity index (χ0) is 55.5. The Kier molecular flexibility index (Phi) is 20.5. The number of para-hydroxylation sites is 1. The van der Waals surface area contributed by atoms with Crippen molar-refractivity contribution in [2.24, 2.45) is 0 Å². The number of carbonyl (C=O) groups excluding carboxylic acids is 2. The second-order valence-electron chi connectivity index (χ2n) is 21.0. The molecule has 0 spiro atoms. The Balaban J connectivity index is 0.000000214. The number of carbonyl (C=O) groups is 2. The summed E-state index contributed by atoms with van der Waals surface area (Å²) in [7, 11) is -7.54. The van der Waals surface area contributed by atoms with E-state index in [0.29, 0.717) is 56.2 Å². The monoisotopic (exact) mass is 1070 g/mol. The number of aldehydes is 2. The van der Waals surface area contributed by atoms with Crippen LogP contribution in [0.4, 0.5) is 13.2 Å². The van der Waals surface area contributed by atoms with Crippen LogP contribution in [0.3, 0.4) is 0 Å². The van der Waals surface area contributed by atoms with E-state index >= 15 is 0 Å². The van der Waals surface area contributed by atoms with Crippen molar-refractivity contribution in [1.29, 1.82) is 0 Å². The molecule has 0 saturated carbocycles. The number of hydrogen-bond donors (Lipinski definition) is 0. The molecule has 3 saturated heterocycles. The number of rotatable bonds is 20. The van der Waals surface area contributed by atoms with Gasteiger partial charge in [-0.05, 0) is 112 Å². The predicted molar refractivity (Wildman–Crippen MR) is 280 cm³/mol. The smallest absolute Gasteiger partial charge is 0.494 e. The molecule has 4 aromatic rings. The molecule has 0 aromatic heterocycles. The molecule has 4 aromatic carbocycles. The summed E-state index contributed by atoms with van der Waals surface area (Å²) in [5.41, 5.74) is -5.15. The van der Waals surface area contributed by atoms with Gasteiger partial charge in [-0.25, -0.2) is 0 Å². The Morgan fingerprint density at radius 3 is 1.27 bits per heavy atom. The first-order valence-corrected chi connectivity index (χ1v) is 26.1. The van der Waals surface area contributed by atoms with Crippen molar-refractivity contribution >= 4 is 49.3 Å². The third kappa shape index (κ3) is 15.9. The minimum atomic E-state index is -5.94. The number of ether oxygens (including phenoxy) is 4. The highest BCUT2D eigenvalue weighted by Crippen LogP contribution is 2.43. The Hall–Kier alpha value is -4.77. The minimum Gasteiger partial charge on any atom is -0.494 e. The van der Waals surface area contributed by atoms with Gasteiger partial charge in [-0.1, -0.05) is 78.9 Å². The van der Waals surface area contributed by atoms with Crippen LogP contribution in [0, 0.1) is 0 Å². The second kappa shape index (κ2) is 25.1. The van der Waals surface area contributed by atoms with Gasteiger partial charge in [-0.3, -0.25) is 9.59 Å². The summed E-state index contributed by atoms with van der Waals surface area (Å²) in [6, 6.07) is 28.5. The zero-order valence-corrected chi connectivity index (χ0v) is 45.8. The van der Waals surface area contributed by atoms with E-state index in [1.165, 1.54) is 12.1 Å². The van der Waals surface area contributed by atoms with E-state index in [-0.39, 0.29) is 46.6 Å². The van der Waals surface area contributed by atoms with Gasteiger partial charge >= 0.3 is 36.8 Å². The number of halogens is 3. The lowest BCUT2D eigenvalue weighted by Crippen LogP contribution is -2.41. The lowest BCUT2D eigenvalue weighted by molar-refractivity contribution is -0.0500. The second-order valence-corrected chi connectivity index (χ2v) is 22.5. The van der Waals surface area contributed by atoms with Crippen molar-refractivity contribution in [2.45, 2.75) is 148 Å². The average molecular weight is 1070 g/mol. The molecule has 0 N–H and O–H groups in total. The van der Waals surface area contributed by atoms with E-state index in [1.807, 2.05) is 150 Å². The molecule has 0 amide bonds. The molecule has 22 heteroatoms. The first kappa shape index (κ1) is 61.1. The van der Waals surface area contributed by atoms with Crippen LogP contribution in [-0.4, -0.2) is 108 Å². The molecule has 75 heavy (non-hydrogen) atoms. The third-order valence-corrected chi connectivity index (χ3v) is 14.7. The first-order chi connectivity index (χ1) is 35.0. The number of hydrogen-bond acceptors (Lipinski definition) is 15. The maximum atomic E-state index is 12.6.